The third-order valence-corrected chi connectivity index (χ3v) is 5.83. The van der Waals surface area contributed by atoms with Gasteiger partial charge in [0.2, 0.25) is 0 Å². The Kier molecular flexibility index (Phi) is 5.02. The summed E-state index contributed by atoms with van der Waals surface area (Å²) in [5, 5.41) is 1.46. The molecular formula is C22H24ClN3O. The van der Waals surface area contributed by atoms with Crippen LogP contribution in [0.3, 0.4) is 0 Å². The van der Waals surface area contributed by atoms with Crippen molar-refractivity contribution in [2.45, 2.75) is 26.7 Å². The van der Waals surface area contributed by atoms with E-state index in [0.717, 1.165) is 46.9 Å². The third kappa shape index (κ3) is 3.52. The Balaban J connectivity index is 1.74. The summed E-state index contributed by atoms with van der Waals surface area (Å²) in [4.78, 5) is 19.7. The smallest absolute Gasteiger partial charge is 0.179 e. The predicted octanol–water partition coefficient (Wildman–Crippen LogP) is 4.90. The second kappa shape index (κ2) is 7.45. The molecule has 140 valence electrons. The highest BCUT2D eigenvalue weighted by atomic mass is 35.5. The van der Waals surface area contributed by atoms with Crippen molar-refractivity contribution in [2.75, 3.05) is 19.6 Å². The molecule has 4 nitrogen and oxygen atoms in total. The van der Waals surface area contributed by atoms with E-state index in [0.29, 0.717) is 11.7 Å². The molecule has 0 atom stereocenters. The molecule has 3 aromatic rings. The fraction of sp³-hybridized carbons (Fsp3) is 0.364. The Morgan fingerprint density at radius 3 is 2.63 bits per heavy atom. The van der Waals surface area contributed by atoms with Crippen LogP contribution < -0.4 is 0 Å². The van der Waals surface area contributed by atoms with E-state index >= 15 is 0 Å². The Morgan fingerprint density at radius 1 is 1.19 bits per heavy atom. The van der Waals surface area contributed by atoms with Crippen molar-refractivity contribution in [1.29, 1.82) is 0 Å². The molecule has 0 amide bonds. The van der Waals surface area contributed by atoms with Crippen molar-refractivity contribution in [3.05, 3.63) is 59.0 Å². The predicted molar refractivity (Wildman–Crippen MR) is 110 cm³/mol. The van der Waals surface area contributed by atoms with Crippen molar-refractivity contribution in [2.24, 2.45) is 5.92 Å². The lowest BCUT2D eigenvalue weighted by Crippen LogP contribution is -2.36. The first kappa shape index (κ1) is 18.2. The lowest BCUT2D eigenvalue weighted by Gasteiger charge is -2.29. The van der Waals surface area contributed by atoms with Crippen molar-refractivity contribution >= 4 is 28.3 Å². The van der Waals surface area contributed by atoms with Crippen LogP contribution in [0.4, 0.5) is 0 Å². The molecule has 0 aliphatic carbocycles. The molecule has 1 aliphatic heterocycles. The molecule has 27 heavy (non-hydrogen) atoms. The van der Waals surface area contributed by atoms with Crippen LogP contribution in [-0.4, -0.2) is 39.9 Å². The van der Waals surface area contributed by atoms with E-state index in [1.165, 1.54) is 12.8 Å². The lowest BCUT2D eigenvalue weighted by atomic mass is 9.98. The number of piperidine rings is 1. The van der Waals surface area contributed by atoms with Crippen LogP contribution in [0, 0.1) is 12.8 Å². The largest absolute Gasteiger partial charge is 0.312 e. The van der Waals surface area contributed by atoms with Crippen LogP contribution in [0.1, 0.15) is 35.8 Å². The summed E-state index contributed by atoms with van der Waals surface area (Å²) in [5.41, 5.74) is 3.71. The number of fused-ring (bicyclic) bond motifs is 1. The van der Waals surface area contributed by atoms with Crippen LogP contribution in [-0.2, 0) is 0 Å². The van der Waals surface area contributed by atoms with Crippen LogP contribution in [0.5, 0.6) is 0 Å². The molecule has 4 rings (SSSR count). The maximum Gasteiger partial charge on any atom is 0.179 e. The minimum atomic E-state index is 0.193. The summed E-state index contributed by atoms with van der Waals surface area (Å²) in [6, 6.07) is 11.8. The number of pyridine rings is 1. The van der Waals surface area contributed by atoms with Gasteiger partial charge in [-0.25, -0.2) is 4.98 Å². The molecule has 1 aromatic carbocycles. The maximum absolute atomic E-state index is 13.2. The molecule has 0 N–H and O–H groups in total. The molecule has 3 heterocycles. The molecule has 0 unspecified atom stereocenters. The Bertz CT molecular complexity index is 969. The normalized spacial score (nSPS) is 16.1. The highest BCUT2D eigenvalue weighted by molar-refractivity contribution is 6.29. The first-order chi connectivity index (χ1) is 13.0. The van der Waals surface area contributed by atoms with Gasteiger partial charge in [-0.15, -0.1) is 0 Å². The number of halogens is 1. The first-order valence-electron chi connectivity index (χ1n) is 9.52. The molecule has 2 aromatic heterocycles. The van der Waals surface area contributed by atoms with Gasteiger partial charge >= 0.3 is 0 Å². The van der Waals surface area contributed by atoms with Crippen molar-refractivity contribution in [1.82, 2.24) is 14.5 Å². The van der Waals surface area contributed by atoms with E-state index in [1.807, 2.05) is 31.2 Å². The maximum atomic E-state index is 13.2. The van der Waals surface area contributed by atoms with Crippen molar-refractivity contribution in [3.63, 3.8) is 0 Å². The minimum Gasteiger partial charge on any atom is -0.312 e. The van der Waals surface area contributed by atoms with Crippen LogP contribution in [0.25, 0.3) is 16.6 Å². The van der Waals surface area contributed by atoms with Gasteiger partial charge in [0.1, 0.15) is 5.15 Å². The summed E-state index contributed by atoms with van der Waals surface area (Å²) >= 11 is 5.95. The number of carbonyl (C=O) groups excluding carboxylic acids is 1. The quantitative estimate of drug-likeness (QED) is 0.476. The third-order valence-electron chi connectivity index (χ3n) is 5.60. The number of hydrogen-bond donors (Lipinski definition) is 0. The number of likely N-dealkylation sites (tertiary alicyclic amines) is 1. The van der Waals surface area contributed by atoms with Crippen LogP contribution >= 0.6 is 11.6 Å². The monoisotopic (exact) mass is 381 g/mol. The number of nitrogens with zero attached hydrogens (tertiary/aromatic N) is 3. The van der Waals surface area contributed by atoms with Gasteiger partial charge in [0.05, 0.1) is 23.9 Å². The molecule has 1 fully saturated rings. The Morgan fingerprint density at radius 2 is 1.93 bits per heavy atom. The number of hydrogen-bond acceptors (Lipinski definition) is 3. The number of rotatable bonds is 4. The van der Waals surface area contributed by atoms with Crippen molar-refractivity contribution < 1.29 is 4.79 Å². The van der Waals surface area contributed by atoms with Gasteiger partial charge in [0.15, 0.2) is 5.78 Å². The summed E-state index contributed by atoms with van der Waals surface area (Å²) in [6.45, 7) is 6.80. The SMILES string of the molecule is Cc1c(C(=O)CN2CCC(C)CC2)c2ccccc2n1-c1ccc(Cl)nc1. The van der Waals surface area contributed by atoms with E-state index in [9.17, 15) is 4.79 Å². The standard InChI is InChI=1S/C22H24ClN3O/c1-15-9-11-25(12-10-15)14-20(27)22-16(2)26(17-7-8-21(23)24-13-17)19-6-4-3-5-18(19)22/h3-8,13,15H,9-12,14H2,1-2H3. The molecule has 5 heteroatoms. The molecule has 0 bridgehead atoms. The van der Waals surface area contributed by atoms with Gasteiger partial charge < -0.3 is 4.57 Å². The average molecular weight is 382 g/mol. The van der Waals surface area contributed by atoms with E-state index in [1.54, 1.807) is 12.3 Å². The topological polar surface area (TPSA) is 38.1 Å². The second-order valence-electron chi connectivity index (χ2n) is 7.53. The Labute approximate surface area is 164 Å². The van der Waals surface area contributed by atoms with Gasteiger partial charge in [-0.05, 0) is 57.0 Å². The highest BCUT2D eigenvalue weighted by Gasteiger charge is 2.24. The summed E-state index contributed by atoms with van der Waals surface area (Å²) < 4.78 is 2.10. The molecule has 0 spiro atoms. The van der Waals surface area contributed by atoms with Crippen molar-refractivity contribution in [3.8, 4) is 5.69 Å². The summed E-state index contributed by atoms with van der Waals surface area (Å²) in [6.07, 6.45) is 4.09. The van der Waals surface area contributed by atoms with Gasteiger partial charge in [0, 0.05) is 16.6 Å². The zero-order valence-electron chi connectivity index (χ0n) is 15.8. The van der Waals surface area contributed by atoms with E-state index in [4.69, 9.17) is 11.6 Å². The number of benzene rings is 1. The average Bonchev–Trinajstić information content (AvgIpc) is 2.96. The number of Topliss-reactive ketones (excluding diaryl/α,β-unsaturated/α-hetero) is 1. The number of aromatic nitrogens is 2. The fourth-order valence-electron chi connectivity index (χ4n) is 4.05. The number of para-hydroxylation sites is 1. The number of carbonyl (C=O) groups is 1. The first-order valence-corrected chi connectivity index (χ1v) is 9.90. The van der Waals surface area contributed by atoms with Gasteiger partial charge in [-0.1, -0.05) is 36.7 Å². The van der Waals surface area contributed by atoms with Gasteiger partial charge in [0.25, 0.3) is 0 Å². The van der Waals surface area contributed by atoms with Gasteiger partial charge in [-0.2, -0.15) is 0 Å². The molecule has 0 radical (unpaired) electrons. The van der Waals surface area contributed by atoms with E-state index < -0.39 is 0 Å². The summed E-state index contributed by atoms with van der Waals surface area (Å²) in [7, 11) is 0. The molecular weight excluding hydrogens is 358 g/mol. The number of ketones is 1. The second-order valence-corrected chi connectivity index (χ2v) is 7.92. The molecule has 1 aliphatic rings. The minimum absolute atomic E-state index is 0.193. The molecule has 0 saturated carbocycles. The zero-order valence-corrected chi connectivity index (χ0v) is 16.5. The lowest BCUT2D eigenvalue weighted by molar-refractivity contribution is 0.0900. The van der Waals surface area contributed by atoms with Gasteiger partial charge in [-0.3, -0.25) is 9.69 Å². The van der Waals surface area contributed by atoms with Crippen LogP contribution in [0.2, 0.25) is 5.15 Å². The molecule has 1 saturated heterocycles. The summed E-state index contributed by atoms with van der Waals surface area (Å²) in [5.74, 6) is 0.955. The highest BCUT2D eigenvalue weighted by Crippen LogP contribution is 2.30. The van der Waals surface area contributed by atoms with Crippen LogP contribution in [0.15, 0.2) is 42.6 Å². The zero-order chi connectivity index (χ0) is 19.0. The van der Waals surface area contributed by atoms with E-state index in [-0.39, 0.29) is 5.78 Å². The fourth-order valence-corrected chi connectivity index (χ4v) is 4.17. The Hall–Kier alpha value is -2.17. The van der Waals surface area contributed by atoms with E-state index in [2.05, 4.69) is 27.4 Å².